The summed E-state index contributed by atoms with van der Waals surface area (Å²) in [5.74, 6) is -0.168. The van der Waals surface area contributed by atoms with Gasteiger partial charge in [0.15, 0.2) is 0 Å². The third kappa shape index (κ3) is 3.27. The van der Waals surface area contributed by atoms with E-state index >= 15 is 0 Å². The first-order valence-electron chi connectivity index (χ1n) is 6.15. The minimum absolute atomic E-state index is 0.170. The Bertz CT molecular complexity index is 659. The van der Waals surface area contributed by atoms with Crippen LogP contribution in [0.5, 0.6) is 0 Å². The van der Waals surface area contributed by atoms with Gasteiger partial charge in [0.1, 0.15) is 5.15 Å². The molecule has 0 bridgehead atoms. The Hall–Kier alpha value is -2.08. The molecule has 2 aromatic rings. The van der Waals surface area contributed by atoms with E-state index in [1.165, 1.54) is 6.07 Å². The number of hydrogen-bond acceptors (Lipinski definition) is 5. The van der Waals surface area contributed by atoms with E-state index in [2.05, 4.69) is 25.5 Å². The molecule has 2 aromatic heterocycles. The zero-order valence-electron chi connectivity index (χ0n) is 11.4. The average Bonchev–Trinajstić information content (AvgIpc) is 2.42. The molecule has 0 radical (unpaired) electrons. The van der Waals surface area contributed by atoms with Gasteiger partial charge in [0.25, 0.3) is 5.91 Å². The van der Waals surface area contributed by atoms with E-state index in [-0.39, 0.29) is 17.0 Å². The van der Waals surface area contributed by atoms with Crippen molar-refractivity contribution < 1.29 is 4.79 Å². The number of carbonyl (C=O) groups excluding carboxylic acids is 1. The molecule has 2 heterocycles. The van der Waals surface area contributed by atoms with Crippen LogP contribution in [0.4, 0.5) is 5.95 Å². The first-order valence-corrected chi connectivity index (χ1v) is 6.53. The van der Waals surface area contributed by atoms with Crippen molar-refractivity contribution in [2.75, 3.05) is 5.32 Å². The summed E-state index contributed by atoms with van der Waals surface area (Å²) >= 11 is 5.89. The Labute approximate surface area is 121 Å². The summed E-state index contributed by atoms with van der Waals surface area (Å²) in [5.41, 5.74) is 2.62. The number of carbonyl (C=O) groups is 1. The number of nitrogens with zero attached hydrogens (tertiary/aromatic N) is 4. The van der Waals surface area contributed by atoms with Crippen molar-refractivity contribution in [1.29, 1.82) is 0 Å². The summed E-state index contributed by atoms with van der Waals surface area (Å²) in [5, 5.41) is 10.6. The first kappa shape index (κ1) is 14.3. The van der Waals surface area contributed by atoms with Gasteiger partial charge in [0, 0.05) is 11.3 Å². The van der Waals surface area contributed by atoms with Gasteiger partial charge >= 0.3 is 0 Å². The Morgan fingerprint density at radius 2 is 1.95 bits per heavy atom. The number of rotatable bonds is 3. The van der Waals surface area contributed by atoms with Crippen molar-refractivity contribution in [1.82, 2.24) is 20.2 Å². The fourth-order valence-electron chi connectivity index (χ4n) is 1.55. The van der Waals surface area contributed by atoms with Crippen LogP contribution in [0.15, 0.2) is 12.1 Å². The topological polar surface area (TPSA) is 80.7 Å². The second kappa shape index (κ2) is 5.92. The van der Waals surface area contributed by atoms with Gasteiger partial charge in [0.05, 0.1) is 11.4 Å². The van der Waals surface area contributed by atoms with Crippen molar-refractivity contribution in [2.24, 2.45) is 0 Å². The van der Waals surface area contributed by atoms with Gasteiger partial charge < -0.3 is 0 Å². The zero-order chi connectivity index (χ0) is 14.7. The van der Waals surface area contributed by atoms with E-state index in [0.717, 1.165) is 17.1 Å². The molecule has 0 aliphatic rings. The van der Waals surface area contributed by atoms with Crippen molar-refractivity contribution in [3.8, 4) is 0 Å². The normalized spacial score (nSPS) is 10.4. The van der Waals surface area contributed by atoms with Crippen molar-refractivity contribution in [3.63, 3.8) is 0 Å². The molecular weight excluding hydrogens is 278 g/mol. The lowest BCUT2D eigenvalue weighted by Gasteiger charge is -2.06. The van der Waals surface area contributed by atoms with E-state index < -0.39 is 0 Å². The highest BCUT2D eigenvalue weighted by Gasteiger charge is 2.11. The number of hydrogen-bond donors (Lipinski definition) is 1. The summed E-state index contributed by atoms with van der Waals surface area (Å²) in [6.45, 7) is 5.55. The highest BCUT2D eigenvalue weighted by atomic mass is 35.5. The molecule has 7 heteroatoms. The number of amides is 1. The van der Waals surface area contributed by atoms with Crippen LogP contribution in [0, 0.1) is 13.8 Å². The summed E-state index contributed by atoms with van der Waals surface area (Å²) < 4.78 is 0. The minimum Gasteiger partial charge on any atom is -0.289 e. The van der Waals surface area contributed by atoms with Crippen LogP contribution in [0.1, 0.15) is 34.4 Å². The molecule has 0 aromatic carbocycles. The van der Waals surface area contributed by atoms with Crippen molar-refractivity contribution in [3.05, 3.63) is 39.9 Å². The molecule has 1 amide bonds. The predicted molar refractivity (Wildman–Crippen MR) is 75.9 cm³/mol. The molecule has 2 rings (SSSR count). The number of aromatic nitrogens is 4. The van der Waals surface area contributed by atoms with Crippen LogP contribution >= 0.6 is 11.6 Å². The Kier molecular flexibility index (Phi) is 4.24. The average molecular weight is 292 g/mol. The summed E-state index contributed by atoms with van der Waals surface area (Å²) in [7, 11) is 0. The third-order valence-corrected chi connectivity index (χ3v) is 2.98. The number of halogens is 1. The van der Waals surface area contributed by atoms with Gasteiger partial charge in [-0.05, 0) is 32.4 Å². The van der Waals surface area contributed by atoms with Crippen molar-refractivity contribution in [2.45, 2.75) is 27.2 Å². The molecule has 104 valence electrons. The monoisotopic (exact) mass is 291 g/mol. The maximum Gasteiger partial charge on any atom is 0.258 e. The van der Waals surface area contributed by atoms with Gasteiger partial charge in [-0.2, -0.15) is 5.10 Å². The number of pyridine rings is 1. The summed E-state index contributed by atoms with van der Waals surface area (Å²) in [6.07, 6.45) is 0.697. The molecule has 1 N–H and O–H groups in total. The minimum atomic E-state index is -0.339. The van der Waals surface area contributed by atoms with Gasteiger partial charge in [-0.25, -0.2) is 9.97 Å². The number of anilines is 1. The molecule has 0 saturated carbocycles. The van der Waals surface area contributed by atoms with Crippen LogP contribution < -0.4 is 5.32 Å². The highest BCUT2D eigenvalue weighted by molar-refractivity contribution is 6.29. The molecule has 0 unspecified atom stereocenters. The lowest BCUT2D eigenvalue weighted by atomic mass is 10.2. The van der Waals surface area contributed by atoms with E-state index in [1.54, 1.807) is 19.9 Å². The molecule has 0 atom stereocenters. The molecule has 20 heavy (non-hydrogen) atoms. The highest BCUT2D eigenvalue weighted by Crippen LogP contribution is 2.13. The Balaban J connectivity index is 2.23. The maximum atomic E-state index is 12.1. The van der Waals surface area contributed by atoms with Crippen LogP contribution in [0.25, 0.3) is 0 Å². The second-order valence-corrected chi connectivity index (χ2v) is 4.67. The molecule has 0 aliphatic carbocycles. The molecule has 0 saturated heterocycles. The quantitative estimate of drug-likeness (QED) is 0.878. The van der Waals surface area contributed by atoms with Gasteiger partial charge in [-0.3, -0.25) is 10.1 Å². The fourth-order valence-corrected chi connectivity index (χ4v) is 1.77. The smallest absolute Gasteiger partial charge is 0.258 e. The second-order valence-electron chi connectivity index (χ2n) is 4.28. The van der Waals surface area contributed by atoms with E-state index in [9.17, 15) is 4.79 Å². The lowest BCUT2D eigenvalue weighted by molar-refractivity contribution is 0.102. The van der Waals surface area contributed by atoms with Crippen molar-refractivity contribution >= 4 is 23.5 Å². The number of aryl methyl sites for hydroxylation is 3. The predicted octanol–water partition coefficient (Wildman–Crippen LogP) is 2.35. The van der Waals surface area contributed by atoms with E-state index in [0.29, 0.717) is 12.0 Å². The SMILES string of the molecule is CCc1cc(C(=O)Nc2nnc(C)c(C)n2)cc(Cl)n1. The van der Waals surface area contributed by atoms with Gasteiger partial charge in [-0.1, -0.05) is 18.5 Å². The molecule has 0 fully saturated rings. The lowest BCUT2D eigenvalue weighted by Crippen LogP contribution is -2.16. The largest absolute Gasteiger partial charge is 0.289 e. The summed E-state index contributed by atoms with van der Waals surface area (Å²) in [4.78, 5) is 20.4. The first-order chi connectivity index (χ1) is 9.49. The standard InChI is InChI=1S/C13H14ClN5O/c1-4-10-5-9(6-11(14)16-10)12(20)17-13-15-7(2)8(3)18-19-13/h5-6H,4H2,1-3H3,(H,15,17,19,20). The molecule has 6 nitrogen and oxygen atoms in total. The van der Waals surface area contributed by atoms with Gasteiger partial charge in [-0.15, -0.1) is 5.10 Å². The zero-order valence-corrected chi connectivity index (χ0v) is 12.2. The van der Waals surface area contributed by atoms with Gasteiger partial charge in [0.2, 0.25) is 5.95 Å². The van der Waals surface area contributed by atoms with Crippen LogP contribution in [-0.4, -0.2) is 26.1 Å². The van der Waals surface area contributed by atoms with Crippen LogP contribution in [-0.2, 0) is 6.42 Å². The van der Waals surface area contributed by atoms with Crippen LogP contribution in [0.2, 0.25) is 5.15 Å². The molecular formula is C13H14ClN5O. The van der Waals surface area contributed by atoms with E-state index in [1.807, 2.05) is 6.92 Å². The summed E-state index contributed by atoms with van der Waals surface area (Å²) in [6, 6.07) is 3.19. The Morgan fingerprint density at radius 3 is 2.60 bits per heavy atom. The third-order valence-electron chi connectivity index (χ3n) is 2.79. The fraction of sp³-hybridized carbons (Fsp3) is 0.308. The van der Waals surface area contributed by atoms with Crippen LogP contribution in [0.3, 0.4) is 0 Å². The maximum absolute atomic E-state index is 12.1. The molecule has 0 aliphatic heterocycles. The Morgan fingerprint density at radius 1 is 1.20 bits per heavy atom. The van der Waals surface area contributed by atoms with E-state index in [4.69, 9.17) is 11.6 Å². The molecule has 0 spiro atoms. The number of nitrogens with one attached hydrogen (secondary N) is 1.